The lowest BCUT2D eigenvalue weighted by atomic mass is 10.0. The summed E-state index contributed by atoms with van der Waals surface area (Å²) in [6.45, 7) is 0. The molecule has 116 valence electrons. The van der Waals surface area contributed by atoms with Gasteiger partial charge >= 0.3 is 5.97 Å². The van der Waals surface area contributed by atoms with E-state index < -0.39 is 22.0 Å². The van der Waals surface area contributed by atoms with Crippen LogP contribution in [0, 0.1) is 0 Å². The molecule has 0 fully saturated rings. The van der Waals surface area contributed by atoms with Crippen molar-refractivity contribution in [3.8, 4) is 0 Å². The van der Waals surface area contributed by atoms with Crippen molar-refractivity contribution in [1.82, 2.24) is 0 Å². The van der Waals surface area contributed by atoms with Gasteiger partial charge in [0.1, 0.15) is 5.75 Å². The first kappa shape index (κ1) is 17.0. The third kappa shape index (κ3) is 4.32. The minimum absolute atomic E-state index is 0.174. The van der Waals surface area contributed by atoms with Crippen molar-refractivity contribution in [2.24, 2.45) is 0 Å². The molecule has 0 aromatic heterocycles. The van der Waals surface area contributed by atoms with Gasteiger partial charge in [-0.05, 0) is 35.4 Å². The molecular weight excluding hydrogens is 343 g/mol. The second-order valence-electron chi connectivity index (χ2n) is 4.58. The van der Waals surface area contributed by atoms with Crippen LogP contribution in [0.4, 0.5) is 0 Å². The van der Waals surface area contributed by atoms with Crippen LogP contribution in [0.1, 0.15) is 16.4 Å². The molecule has 6 heteroatoms. The van der Waals surface area contributed by atoms with Crippen LogP contribution in [-0.2, 0) is 20.3 Å². The number of hydrogen-bond acceptors (Lipinski definition) is 3. The van der Waals surface area contributed by atoms with Crippen LogP contribution in [0.5, 0.6) is 0 Å². The van der Waals surface area contributed by atoms with E-state index in [9.17, 15) is 9.00 Å². The Morgan fingerprint density at radius 2 is 1.41 bits per heavy atom. The highest BCUT2D eigenvalue weighted by molar-refractivity contribution is 7.86. The van der Waals surface area contributed by atoms with Gasteiger partial charge in [0, 0.05) is 20.8 Å². The van der Waals surface area contributed by atoms with E-state index in [-0.39, 0.29) is 5.75 Å². The van der Waals surface area contributed by atoms with Crippen molar-refractivity contribution in [1.29, 1.82) is 0 Å². The fraction of sp³-hybridized carbons (Fsp3) is 0.188. The predicted octanol–water partition coefficient (Wildman–Crippen LogP) is 4.00. The molecule has 2 aromatic rings. The van der Waals surface area contributed by atoms with Gasteiger partial charge in [0.25, 0.3) is 0 Å². The maximum atomic E-state index is 12.6. The summed E-state index contributed by atoms with van der Waals surface area (Å²) in [6.07, 6.45) is 0. The third-order valence-electron chi connectivity index (χ3n) is 3.10. The SMILES string of the molecule is COC(=O)CS(=O)C(c1ccc(Cl)cc1)c1ccc(Cl)cc1. The molecule has 0 radical (unpaired) electrons. The Hall–Kier alpha value is -1.36. The number of rotatable bonds is 5. The molecule has 0 aliphatic heterocycles. The van der Waals surface area contributed by atoms with Crippen LogP contribution in [0.25, 0.3) is 0 Å². The van der Waals surface area contributed by atoms with Gasteiger partial charge in [-0.25, -0.2) is 0 Å². The smallest absolute Gasteiger partial charge is 0.318 e. The molecule has 0 aliphatic carbocycles. The van der Waals surface area contributed by atoms with Gasteiger partial charge in [-0.1, -0.05) is 47.5 Å². The minimum Gasteiger partial charge on any atom is -0.468 e. The number of carbonyl (C=O) groups excluding carboxylic acids is 1. The topological polar surface area (TPSA) is 43.4 Å². The fourth-order valence-electron chi connectivity index (χ4n) is 2.03. The Morgan fingerprint density at radius 3 is 1.77 bits per heavy atom. The van der Waals surface area contributed by atoms with Crippen molar-refractivity contribution in [3.05, 3.63) is 69.7 Å². The first-order valence-corrected chi connectivity index (χ1v) is 8.60. The van der Waals surface area contributed by atoms with E-state index >= 15 is 0 Å². The summed E-state index contributed by atoms with van der Waals surface area (Å²) in [5.74, 6) is -0.682. The summed E-state index contributed by atoms with van der Waals surface area (Å²) in [4.78, 5) is 11.4. The predicted molar refractivity (Wildman–Crippen MR) is 89.8 cm³/mol. The molecule has 1 atom stereocenters. The van der Waals surface area contributed by atoms with Gasteiger partial charge in [-0.3, -0.25) is 9.00 Å². The number of methoxy groups -OCH3 is 1. The highest BCUT2D eigenvalue weighted by Crippen LogP contribution is 2.30. The normalized spacial score (nSPS) is 12.2. The summed E-state index contributed by atoms with van der Waals surface area (Å²) in [5, 5.41) is 0.739. The zero-order valence-electron chi connectivity index (χ0n) is 11.8. The van der Waals surface area contributed by atoms with Gasteiger partial charge in [0.15, 0.2) is 0 Å². The largest absolute Gasteiger partial charge is 0.468 e. The van der Waals surface area contributed by atoms with Gasteiger partial charge in [0.2, 0.25) is 0 Å². The number of ether oxygens (including phenoxy) is 1. The van der Waals surface area contributed by atoms with Crippen molar-refractivity contribution < 1.29 is 13.7 Å². The molecule has 2 aromatic carbocycles. The fourth-order valence-corrected chi connectivity index (χ4v) is 3.72. The molecule has 0 bridgehead atoms. The van der Waals surface area contributed by atoms with Crippen LogP contribution in [0.2, 0.25) is 10.0 Å². The molecule has 0 saturated heterocycles. The minimum atomic E-state index is -1.46. The standard InChI is InChI=1S/C16H14Cl2O3S/c1-21-15(19)10-22(20)16(11-2-6-13(17)7-3-11)12-4-8-14(18)9-5-12/h2-9,16H,10H2,1H3. The number of benzene rings is 2. The molecule has 0 N–H and O–H groups in total. The molecule has 0 amide bonds. The van der Waals surface area contributed by atoms with E-state index in [1.54, 1.807) is 48.5 Å². The number of carbonyl (C=O) groups is 1. The van der Waals surface area contributed by atoms with Crippen LogP contribution in [0.15, 0.2) is 48.5 Å². The van der Waals surface area contributed by atoms with E-state index in [2.05, 4.69) is 4.74 Å². The Morgan fingerprint density at radius 1 is 1.00 bits per heavy atom. The van der Waals surface area contributed by atoms with E-state index in [4.69, 9.17) is 23.2 Å². The van der Waals surface area contributed by atoms with Crippen LogP contribution >= 0.6 is 23.2 Å². The van der Waals surface area contributed by atoms with E-state index in [0.29, 0.717) is 10.0 Å². The van der Waals surface area contributed by atoms with E-state index in [1.807, 2.05) is 0 Å². The summed E-state index contributed by atoms with van der Waals surface area (Å²) in [7, 11) is -0.187. The molecule has 2 rings (SSSR count). The van der Waals surface area contributed by atoms with E-state index in [1.165, 1.54) is 7.11 Å². The lowest BCUT2D eigenvalue weighted by Crippen LogP contribution is -2.18. The molecule has 22 heavy (non-hydrogen) atoms. The van der Waals surface area contributed by atoms with Gasteiger partial charge in [0.05, 0.1) is 12.4 Å². The molecule has 0 heterocycles. The highest BCUT2D eigenvalue weighted by atomic mass is 35.5. The van der Waals surface area contributed by atoms with E-state index in [0.717, 1.165) is 11.1 Å². The molecule has 0 saturated carbocycles. The monoisotopic (exact) mass is 356 g/mol. The van der Waals surface area contributed by atoms with Gasteiger partial charge < -0.3 is 4.74 Å². The first-order chi connectivity index (χ1) is 10.5. The Kier molecular flexibility index (Phi) is 6.00. The number of halogens is 2. The zero-order valence-corrected chi connectivity index (χ0v) is 14.1. The summed E-state index contributed by atoms with van der Waals surface area (Å²) in [6, 6.07) is 14.1. The molecule has 0 aliphatic rings. The quantitative estimate of drug-likeness (QED) is 0.760. The third-order valence-corrected chi connectivity index (χ3v) is 5.19. The Bertz CT molecular complexity index is 623. The second kappa shape index (κ2) is 7.77. The summed E-state index contributed by atoms with van der Waals surface area (Å²) in [5.41, 5.74) is 1.63. The first-order valence-electron chi connectivity index (χ1n) is 6.46. The van der Waals surface area contributed by atoms with Gasteiger partial charge in [-0.2, -0.15) is 0 Å². The van der Waals surface area contributed by atoms with Crippen LogP contribution in [-0.4, -0.2) is 23.0 Å². The Labute approximate surface area is 141 Å². The second-order valence-corrected chi connectivity index (χ2v) is 6.98. The molecule has 0 spiro atoms. The lowest BCUT2D eigenvalue weighted by molar-refractivity contribution is -0.137. The molecule has 3 nitrogen and oxygen atoms in total. The van der Waals surface area contributed by atoms with Crippen molar-refractivity contribution >= 4 is 40.0 Å². The van der Waals surface area contributed by atoms with Crippen molar-refractivity contribution in [2.45, 2.75) is 5.25 Å². The van der Waals surface area contributed by atoms with Crippen molar-refractivity contribution in [3.63, 3.8) is 0 Å². The van der Waals surface area contributed by atoms with Crippen LogP contribution < -0.4 is 0 Å². The molecule has 1 unspecified atom stereocenters. The van der Waals surface area contributed by atoms with Gasteiger partial charge in [-0.15, -0.1) is 0 Å². The summed E-state index contributed by atoms with van der Waals surface area (Å²) < 4.78 is 17.2. The number of hydrogen-bond donors (Lipinski definition) is 0. The Balaban J connectivity index is 2.39. The summed E-state index contributed by atoms with van der Waals surface area (Å²) >= 11 is 11.8. The molecular formula is C16H14Cl2O3S. The lowest BCUT2D eigenvalue weighted by Gasteiger charge is -2.17. The maximum absolute atomic E-state index is 12.6. The average Bonchev–Trinajstić information content (AvgIpc) is 2.51. The van der Waals surface area contributed by atoms with Crippen LogP contribution in [0.3, 0.4) is 0 Å². The number of esters is 1. The average molecular weight is 357 g/mol. The zero-order chi connectivity index (χ0) is 16.1. The van der Waals surface area contributed by atoms with Crippen molar-refractivity contribution in [2.75, 3.05) is 12.9 Å². The highest BCUT2D eigenvalue weighted by Gasteiger charge is 2.23. The maximum Gasteiger partial charge on any atom is 0.318 e.